The highest BCUT2D eigenvalue weighted by molar-refractivity contribution is 5.97. The zero-order valence-electron chi connectivity index (χ0n) is 14.9. The second kappa shape index (κ2) is 8.83. The fourth-order valence-electron chi connectivity index (χ4n) is 2.92. The number of rotatable bonds is 6. The van der Waals surface area contributed by atoms with Gasteiger partial charge in [0, 0.05) is 12.1 Å². The number of hydrogen-bond donors (Lipinski definition) is 3. The molecule has 1 saturated heterocycles. The number of aryl methyl sites for hydroxylation is 1. The quantitative estimate of drug-likeness (QED) is 0.745. The molecule has 0 aliphatic carbocycles. The van der Waals surface area contributed by atoms with Crippen LogP contribution in [0.25, 0.3) is 0 Å². The van der Waals surface area contributed by atoms with Crippen LogP contribution in [0.1, 0.15) is 42.6 Å². The molecule has 5 heteroatoms. The van der Waals surface area contributed by atoms with Crippen LogP contribution in [0.3, 0.4) is 0 Å². The number of carbonyl (C=O) groups excluding carboxylic acids is 2. The Balaban J connectivity index is 1.91. The van der Waals surface area contributed by atoms with Gasteiger partial charge in [-0.15, -0.1) is 0 Å². The molecule has 24 heavy (non-hydrogen) atoms. The number of benzene rings is 1. The van der Waals surface area contributed by atoms with Gasteiger partial charge in [0.25, 0.3) is 5.91 Å². The smallest absolute Gasteiger partial charge is 0.251 e. The molecule has 0 bridgehead atoms. The topological polar surface area (TPSA) is 70.2 Å². The highest BCUT2D eigenvalue weighted by Gasteiger charge is 2.25. The second-order valence-corrected chi connectivity index (χ2v) is 7.02. The number of amides is 2. The zero-order valence-corrected chi connectivity index (χ0v) is 14.9. The minimum Gasteiger partial charge on any atom is -0.354 e. The molecule has 1 fully saturated rings. The molecule has 2 atom stereocenters. The normalized spacial score (nSPS) is 18.9. The summed E-state index contributed by atoms with van der Waals surface area (Å²) in [6, 6.07) is 6.85. The summed E-state index contributed by atoms with van der Waals surface area (Å²) in [5, 5.41) is 9.23. The van der Waals surface area contributed by atoms with Crippen LogP contribution in [0.15, 0.2) is 24.3 Å². The van der Waals surface area contributed by atoms with Crippen LogP contribution >= 0.6 is 0 Å². The van der Waals surface area contributed by atoms with Crippen LogP contribution in [0.5, 0.6) is 0 Å². The molecule has 1 aromatic rings. The van der Waals surface area contributed by atoms with Crippen molar-refractivity contribution >= 4 is 11.8 Å². The summed E-state index contributed by atoms with van der Waals surface area (Å²) < 4.78 is 0. The van der Waals surface area contributed by atoms with E-state index in [1.807, 2.05) is 32.9 Å². The SMILES string of the molecule is Cc1ccc(C(=O)NC(C(=O)NCC2CCCNC2)C(C)C)cc1. The van der Waals surface area contributed by atoms with Gasteiger partial charge in [0.15, 0.2) is 0 Å². The number of nitrogens with one attached hydrogen (secondary N) is 3. The third-order valence-electron chi connectivity index (χ3n) is 4.51. The lowest BCUT2D eigenvalue weighted by atomic mass is 9.98. The summed E-state index contributed by atoms with van der Waals surface area (Å²) in [5.74, 6) is 0.200. The van der Waals surface area contributed by atoms with E-state index in [4.69, 9.17) is 0 Å². The lowest BCUT2D eigenvalue weighted by molar-refractivity contribution is -0.124. The van der Waals surface area contributed by atoms with E-state index in [1.165, 1.54) is 0 Å². The average molecular weight is 331 g/mol. The molecule has 0 aromatic heterocycles. The molecule has 5 nitrogen and oxygen atoms in total. The first kappa shape index (κ1) is 18.5. The van der Waals surface area contributed by atoms with Gasteiger partial charge in [0.2, 0.25) is 5.91 Å². The van der Waals surface area contributed by atoms with Crippen molar-refractivity contribution < 1.29 is 9.59 Å². The van der Waals surface area contributed by atoms with Gasteiger partial charge in [-0.25, -0.2) is 0 Å². The minimum absolute atomic E-state index is 0.0314. The van der Waals surface area contributed by atoms with Crippen LogP contribution in [0.2, 0.25) is 0 Å². The maximum Gasteiger partial charge on any atom is 0.251 e. The lowest BCUT2D eigenvalue weighted by Crippen LogP contribution is -2.51. The highest BCUT2D eigenvalue weighted by atomic mass is 16.2. The molecular weight excluding hydrogens is 302 g/mol. The summed E-state index contributed by atoms with van der Waals surface area (Å²) in [7, 11) is 0. The Bertz CT molecular complexity index is 548. The van der Waals surface area contributed by atoms with Gasteiger partial charge < -0.3 is 16.0 Å². The van der Waals surface area contributed by atoms with E-state index < -0.39 is 6.04 Å². The fraction of sp³-hybridized carbons (Fsp3) is 0.579. The standard InChI is InChI=1S/C19H29N3O2/c1-13(2)17(19(24)21-12-15-5-4-10-20-11-15)22-18(23)16-8-6-14(3)7-9-16/h6-9,13,15,17,20H,4-5,10-12H2,1-3H3,(H,21,24)(H,22,23). The second-order valence-electron chi connectivity index (χ2n) is 7.02. The maximum absolute atomic E-state index is 12.5. The van der Waals surface area contributed by atoms with Crippen molar-refractivity contribution in [3.8, 4) is 0 Å². The van der Waals surface area contributed by atoms with Crippen molar-refractivity contribution in [2.75, 3.05) is 19.6 Å². The van der Waals surface area contributed by atoms with Crippen molar-refractivity contribution in [3.63, 3.8) is 0 Å². The zero-order chi connectivity index (χ0) is 17.5. The Hall–Kier alpha value is -1.88. The summed E-state index contributed by atoms with van der Waals surface area (Å²) in [6.07, 6.45) is 2.29. The van der Waals surface area contributed by atoms with Crippen LogP contribution in [-0.4, -0.2) is 37.5 Å². The fourth-order valence-corrected chi connectivity index (χ4v) is 2.92. The molecule has 0 saturated carbocycles. The molecule has 3 N–H and O–H groups in total. The minimum atomic E-state index is -0.518. The van der Waals surface area contributed by atoms with Gasteiger partial charge in [-0.1, -0.05) is 31.5 Å². The first-order valence-corrected chi connectivity index (χ1v) is 8.83. The van der Waals surface area contributed by atoms with Crippen LogP contribution in [0.4, 0.5) is 0 Å². The molecule has 2 amide bonds. The number of carbonyl (C=O) groups is 2. The van der Waals surface area contributed by atoms with E-state index in [9.17, 15) is 9.59 Å². The van der Waals surface area contributed by atoms with E-state index in [1.54, 1.807) is 12.1 Å². The largest absolute Gasteiger partial charge is 0.354 e. The first-order chi connectivity index (χ1) is 11.5. The molecule has 1 aliphatic rings. The molecular formula is C19H29N3O2. The van der Waals surface area contributed by atoms with Gasteiger partial charge in [-0.3, -0.25) is 9.59 Å². The summed E-state index contributed by atoms with van der Waals surface area (Å²) in [5.41, 5.74) is 1.68. The maximum atomic E-state index is 12.5. The van der Waals surface area contributed by atoms with Crippen molar-refractivity contribution in [1.82, 2.24) is 16.0 Å². The van der Waals surface area contributed by atoms with E-state index in [-0.39, 0.29) is 17.7 Å². The number of hydrogen-bond acceptors (Lipinski definition) is 3. The predicted octanol–water partition coefficient (Wildman–Crippen LogP) is 1.87. The Kier molecular flexibility index (Phi) is 6.79. The number of piperidine rings is 1. The molecule has 1 aliphatic heterocycles. The van der Waals surface area contributed by atoms with E-state index in [2.05, 4.69) is 16.0 Å². The van der Waals surface area contributed by atoms with Gasteiger partial charge in [0.05, 0.1) is 0 Å². The van der Waals surface area contributed by atoms with Gasteiger partial charge in [-0.05, 0) is 56.8 Å². The predicted molar refractivity (Wildman–Crippen MR) is 95.9 cm³/mol. The van der Waals surface area contributed by atoms with Gasteiger partial charge in [0.1, 0.15) is 6.04 Å². The third-order valence-corrected chi connectivity index (χ3v) is 4.51. The monoisotopic (exact) mass is 331 g/mol. The van der Waals surface area contributed by atoms with Crippen LogP contribution in [0, 0.1) is 18.8 Å². The molecule has 132 valence electrons. The summed E-state index contributed by atoms with van der Waals surface area (Å²) in [4.78, 5) is 24.9. The van der Waals surface area contributed by atoms with Gasteiger partial charge >= 0.3 is 0 Å². The summed E-state index contributed by atoms with van der Waals surface area (Å²) in [6.45, 7) is 8.54. The van der Waals surface area contributed by atoms with E-state index >= 15 is 0 Å². The first-order valence-electron chi connectivity index (χ1n) is 8.83. The van der Waals surface area contributed by atoms with Crippen molar-refractivity contribution in [2.45, 2.75) is 39.7 Å². The average Bonchev–Trinajstić information content (AvgIpc) is 2.58. The molecule has 0 spiro atoms. The molecule has 0 radical (unpaired) electrons. The summed E-state index contributed by atoms with van der Waals surface area (Å²) >= 11 is 0. The van der Waals surface area contributed by atoms with Crippen molar-refractivity contribution in [2.24, 2.45) is 11.8 Å². The third kappa shape index (κ3) is 5.34. The Morgan fingerprint density at radius 3 is 2.54 bits per heavy atom. The van der Waals surface area contributed by atoms with Crippen LogP contribution < -0.4 is 16.0 Å². The molecule has 1 heterocycles. The van der Waals surface area contributed by atoms with E-state index in [0.29, 0.717) is 18.0 Å². The molecule has 1 aromatic carbocycles. The van der Waals surface area contributed by atoms with Crippen LogP contribution in [-0.2, 0) is 4.79 Å². The molecule has 2 rings (SSSR count). The Morgan fingerprint density at radius 2 is 1.96 bits per heavy atom. The Morgan fingerprint density at radius 1 is 1.25 bits per heavy atom. The van der Waals surface area contributed by atoms with Crippen molar-refractivity contribution in [3.05, 3.63) is 35.4 Å². The Labute approximate surface area is 144 Å². The molecule has 2 unspecified atom stereocenters. The van der Waals surface area contributed by atoms with Gasteiger partial charge in [-0.2, -0.15) is 0 Å². The highest BCUT2D eigenvalue weighted by Crippen LogP contribution is 2.10. The van der Waals surface area contributed by atoms with Crippen molar-refractivity contribution in [1.29, 1.82) is 0 Å². The lowest BCUT2D eigenvalue weighted by Gasteiger charge is -2.26. The van der Waals surface area contributed by atoms with E-state index in [0.717, 1.165) is 31.5 Å².